The predicted molar refractivity (Wildman–Crippen MR) is 131 cm³/mol. The van der Waals surface area contributed by atoms with Gasteiger partial charge in [0.05, 0.1) is 9.82 Å². The third kappa shape index (κ3) is 5.70. The van der Waals surface area contributed by atoms with Crippen LogP contribution < -0.4 is 16.2 Å². The number of rotatable bonds is 10. The SMILES string of the molecule is CCN(CC)S(=O)(=O)c1ccc(Nc2ncnc(NNC(=O)c3ccccc3C)c2[N+](=O)[O-])cc1. The Kier molecular flexibility index (Phi) is 7.94. The van der Waals surface area contributed by atoms with Crippen molar-refractivity contribution in [2.24, 2.45) is 0 Å². The van der Waals surface area contributed by atoms with Crippen LogP contribution in [0.4, 0.5) is 23.0 Å². The number of nitro groups is 1. The number of sulfonamides is 1. The lowest BCUT2D eigenvalue weighted by Crippen LogP contribution is -2.30. The van der Waals surface area contributed by atoms with E-state index in [0.717, 1.165) is 11.9 Å². The largest absolute Gasteiger partial charge is 0.355 e. The van der Waals surface area contributed by atoms with Crippen LogP contribution in [0.2, 0.25) is 0 Å². The van der Waals surface area contributed by atoms with E-state index in [4.69, 9.17) is 0 Å². The molecule has 0 aliphatic rings. The van der Waals surface area contributed by atoms with Crippen LogP contribution in [0.25, 0.3) is 0 Å². The van der Waals surface area contributed by atoms with Crippen LogP contribution in [0.3, 0.4) is 0 Å². The van der Waals surface area contributed by atoms with Gasteiger partial charge in [0.15, 0.2) is 0 Å². The summed E-state index contributed by atoms with van der Waals surface area (Å²) in [7, 11) is -3.64. The molecule has 0 aliphatic heterocycles. The Hall–Kier alpha value is -4.10. The minimum absolute atomic E-state index is 0.102. The lowest BCUT2D eigenvalue weighted by molar-refractivity contribution is -0.383. The predicted octanol–water partition coefficient (Wildman–Crippen LogP) is 3.22. The van der Waals surface area contributed by atoms with Gasteiger partial charge in [0.25, 0.3) is 5.91 Å². The van der Waals surface area contributed by atoms with Crippen LogP contribution in [0.1, 0.15) is 29.8 Å². The van der Waals surface area contributed by atoms with E-state index in [2.05, 4.69) is 26.1 Å². The fourth-order valence-electron chi connectivity index (χ4n) is 3.31. The van der Waals surface area contributed by atoms with Crippen molar-refractivity contribution < 1.29 is 18.1 Å². The molecule has 184 valence electrons. The summed E-state index contributed by atoms with van der Waals surface area (Å²) < 4.78 is 26.6. The number of aryl methyl sites for hydroxylation is 1. The van der Waals surface area contributed by atoms with E-state index < -0.39 is 26.5 Å². The second kappa shape index (κ2) is 10.9. The van der Waals surface area contributed by atoms with Crippen molar-refractivity contribution >= 4 is 38.9 Å². The molecule has 0 spiro atoms. The number of hydrazine groups is 1. The highest BCUT2D eigenvalue weighted by Gasteiger charge is 2.25. The Balaban J connectivity index is 1.82. The number of aromatic nitrogens is 2. The molecule has 0 radical (unpaired) electrons. The molecule has 0 fully saturated rings. The van der Waals surface area contributed by atoms with Crippen molar-refractivity contribution in [2.45, 2.75) is 25.7 Å². The summed E-state index contributed by atoms with van der Waals surface area (Å²) in [5, 5.41) is 14.6. The molecule has 35 heavy (non-hydrogen) atoms. The number of nitrogens with one attached hydrogen (secondary N) is 3. The topological polar surface area (TPSA) is 159 Å². The summed E-state index contributed by atoms with van der Waals surface area (Å²) in [4.78, 5) is 31.4. The molecule has 3 rings (SSSR count). The monoisotopic (exact) mass is 499 g/mol. The minimum atomic E-state index is -3.64. The van der Waals surface area contributed by atoms with Crippen molar-refractivity contribution in [3.63, 3.8) is 0 Å². The molecule has 1 aromatic heterocycles. The molecule has 3 aromatic rings. The van der Waals surface area contributed by atoms with Crippen molar-refractivity contribution in [3.8, 4) is 0 Å². The Morgan fingerprint density at radius 3 is 2.26 bits per heavy atom. The van der Waals surface area contributed by atoms with Crippen LogP contribution in [0.5, 0.6) is 0 Å². The zero-order chi connectivity index (χ0) is 25.6. The van der Waals surface area contributed by atoms with Gasteiger partial charge in [-0.15, -0.1) is 0 Å². The number of nitrogens with zero attached hydrogens (tertiary/aromatic N) is 4. The maximum Gasteiger partial charge on any atom is 0.355 e. The average Bonchev–Trinajstić information content (AvgIpc) is 2.83. The number of carbonyl (C=O) groups is 1. The highest BCUT2D eigenvalue weighted by molar-refractivity contribution is 7.89. The van der Waals surface area contributed by atoms with E-state index in [1.165, 1.54) is 28.6 Å². The van der Waals surface area contributed by atoms with Crippen molar-refractivity contribution in [1.82, 2.24) is 19.7 Å². The highest BCUT2D eigenvalue weighted by Crippen LogP contribution is 2.31. The standard InChI is InChI=1S/C22H25N7O5S/c1-4-28(5-2)35(33,34)17-12-10-16(11-13-17)25-20-19(29(31)32)21(24-14-23-20)26-27-22(30)18-9-7-6-8-15(18)3/h6-14H,4-5H2,1-3H3,(H,27,30)(H2,23,24,25,26). The first-order chi connectivity index (χ1) is 16.7. The Bertz CT molecular complexity index is 1330. The van der Waals surface area contributed by atoms with Gasteiger partial charge in [0, 0.05) is 24.3 Å². The van der Waals surface area contributed by atoms with Gasteiger partial charge in [-0.25, -0.2) is 18.4 Å². The van der Waals surface area contributed by atoms with Crippen LogP contribution in [-0.2, 0) is 10.0 Å². The zero-order valence-electron chi connectivity index (χ0n) is 19.3. The summed E-state index contributed by atoms with van der Waals surface area (Å²) in [6, 6.07) is 12.7. The molecule has 12 nitrogen and oxygen atoms in total. The first-order valence-corrected chi connectivity index (χ1v) is 12.1. The van der Waals surface area contributed by atoms with E-state index in [1.807, 2.05) is 0 Å². The first kappa shape index (κ1) is 25.5. The van der Waals surface area contributed by atoms with Crippen molar-refractivity contribution in [1.29, 1.82) is 0 Å². The fourth-order valence-corrected chi connectivity index (χ4v) is 4.76. The van der Waals surface area contributed by atoms with E-state index in [0.29, 0.717) is 24.3 Å². The average molecular weight is 500 g/mol. The van der Waals surface area contributed by atoms with Gasteiger partial charge in [-0.05, 0) is 42.8 Å². The third-order valence-electron chi connectivity index (χ3n) is 5.15. The Morgan fingerprint density at radius 2 is 1.66 bits per heavy atom. The van der Waals surface area contributed by atoms with Crippen LogP contribution in [0, 0.1) is 17.0 Å². The number of amides is 1. The normalized spacial score (nSPS) is 11.2. The first-order valence-electron chi connectivity index (χ1n) is 10.7. The number of benzene rings is 2. The van der Waals surface area contributed by atoms with Crippen LogP contribution in [0.15, 0.2) is 59.8 Å². The molecular weight excluding hydrogens is 474 g/mol. The van der Waals surface area contributed by atoms with Gasteiger partial charge in [-0.1, -0.05) is 32.0 Å². The summed E-state index contributed by atoms with van der Waals surface area (Å²) in [5.74, 6) is -0.859. The Morgan fingerprint density at radius 1 is 1.03 bits per heavy atom. The van der Waals surface area contributed by atoms with Gasteiger partial charge < -0.3 is 5.32 Å². The third-order valence-corrected chi connectivity index (χ3v) is 7.21. The number of carbonyl (C=O) groups excluding carboxylic acids is 1. The van der Waals surface area contributed by atoms with Gasteiger partial charge in [0.2, 0.25) is 21.7 Å². The van der Waals surface area contributed by atoms with Crippen LogP contribution >= 0.6 is 0 Å². The second-order valence-electron chi connectivity index (χ2n) is 7.31. The lowest BCUT2D eigenvalue weighted by atomic mass is 10.1. The number of hydrogen-bond acceptors (Lipinski definition) is 9. The van der Waals surface area contributed by atoms with Gasteiger partial charge >= 0.3 is 5.69 Å². The zero-order valence-corrected chi connectivity index (χ0v) is 20.2. The number of anilines is 3. The van der Waals surface area contributed by atoms with Gasteiger partial charge in [-0.3, -0.25) is 25.8 Å². The van der Waals surface area contributed by atoms with Crippen molar-refractivity contribution in [2.75, 3.05) is 23.8 Å². The maximum atomic E-state index is 12.7. The summed E-state index contributed by atoms with van der Waals surface area (Å²) in [5.41, 5.74) is 5.89. The molecule has 0 saturated heterocycles. The molecule has 0 bridgehead atoms. The molecule has 0 atom stereocenters. The summed E-state index contributed by atoms with van der Waals surface area (Å²) in [6.07, 6.45) is 1.09. The molecule has 3 N–H and O–H groups in total. The molecule has 1 heterocycles. The molecular formula is C22H25N7O5S. The molecule has 2 aromatic carbocycles. The van der Waals surface area contributed by atoms with Crippen molar-refractivity contribution in [3.05, 3.63) is 76.1 Å². The molecule has 13 heteroatoms. The highest BCUT2D eigenvalue weighted by atomic mass is 32.2. The maximum absolute atomic E-state index is 12.7. The minimum Gasteiger partial charge on any atom is -0.334 e. The number of hydrogen-bond donors (Lipinski definition) is 3. The summed E-state index contributed by atoms with van der Waals surface area (Å²) >= 11 is 0. The lowest BCUT2D eigenvalue weighted by Gasteiger charge is -2.18. The second-order valence-corrected chi connectivity index (χ2v) is 9.25. The summed E-state index contributed by atoms with van der Waals surface area (Å²) in [6.45, 7) is 5.94. The van der Waals surface area contributed by atoms with Gasteiger partial charge in [0.1, 0.15) is 6.33 Å². The molecule has 1 amide bonds. The smallest absolute Gasteiger partial charge is 0.334 e. The van der Waals surface area contributed by atoms with E-state index in [9.17, 15) is 23.3 Å². The van der Waals surface area contributed by atoms with E-state index in [-0.39, 0.29) is 16.5 Å². The Labute approximate surface area is 202 Å². The quantitative estimate of drug-likeness (QED) is 0.281. The van der Waals surface area contributed by atoms with E-state index in [1.54, 1.807) is 45.0 Å². The molecule has 0 aliphatic carbocycles. The van der Waals surface area contributed by atoms with E-state index >= 15 is 0 Å². The molecule has 0 saturated carbocycles. The molecule has 0 unspecified atom stereocenters. The fraction of sp³-hybridized carbons (Fsp3) is 0.227. The van der Waals surface area contributed by atoms with Crippen LogP contribution in [-0.4, -0.2) is 46.6 Å². The van der Waals surface area contributed by atoms with Gasteiger partial charge in [-0.2, -0.15) is 4.31 Å².